The predicted octanol–water partition coefficient (Wildman–Crippen LogP) is 3.47. The molecule has 1 atom stereocenters. The molecule has 0 saturated carbocycles. The Morgan fingerprint density at radius 1 is 1.67 bits per heavy atom. The highest BCUT2D eigenvalue weighted by molar-refractivity contribution is 14.1. The molecule has 12 heavy (non-hydrogen) atoms. The molecule has 1 rings (SSSR count). The Morgan fingerprint density at radius 2 is 2.42 bits per heavy atom. The highest BCUT2D eigenvalue weighted by Gasteiger charge is 2.21. The minimum Gasteiger partial charge on any atom is -0.303 e. The van der Waals surface area contributed by atoms with Gasteiger partial charge in [0, 0.05) is 5.92 Å². The van der Waals surface area contributed by atoms with Gasteiger partial charge in [0.05, 0.1) is 0 Å². The second kappa shape index (κ2) is 5.00. The van der Waals surface area contributed by atoms with Gasteiger partial charge in [-0.2, -0.15) is 0 Å². The van der Waals surface area contributed by atoms with Crippen LogP contribution in [-0.2, 0) is 4.79 Å². The average molecular weight is 278 g/mol. The maximum atomic E-state index is 10.6. The molecule has 0 amide bonds. The largest absolute Gasteiger partial charge is 0.303 e. The lowest BCUT2D eigenvalue weighted by molar-refractivity contribution is -0.109. The van der Waals surface area contributed by atoms with Gasteiger partial charge in [0.1, 0.15) is 6.29 Å². The minimum atomic E-state index is 0.234. The standard InChI is InChI=1S/C10H15IO/c1-2-3-4-8-5-6-9(7-12)10(8)11/h7,9H,2-6H2,1H3. The van der Waals surface area contributed by atoms with Crippen LogP contribution < -0.4 is 0 Å². The van der Waals surface area contributed by atoms with Crippen molar-refractivity contribution in [3.8, 4) is 0 Å². The van der Waals surface area contributed by atoms with Crippen molar-refractivity contribution < 1.29 is 4.79 Å². The van der Waals surface area contributed by atoms with E-state index in [9.17, 15) is 4.79 Å². The fourth-order valence-electron chi connectivity index (χ4n) is 1.60. The van der Waals surface area contributed by atoms with E-state index in [0.717, 1.165) is 19.1 Å². The zero-order valence-corrected chi connectivity index (χ0v) is 9.63. The summed E-state index contributed by atoms with van der Waals surface area (Å²) in [6.07, 6.45) is 7.04. The summed E-state index contributed by atoms with van der Waals surface area (Å²) in [7, 11) is 0. The van der Waals surface area contributed by atoms with E-state index in [0.29, 0.717) is 0 Å². The topological polar surface area (TPSA) is 17.1 Å². The summed E-state index contributed by atoms with van der Waals surface area (Å²) in [6.45, 7) is 2.21. The van der Waals surface area contributed by atoms with E-state index in [4.69, 9.17) is 0 Å². The summed E-state index contributed by atoms with van der Waals surface area (Å²) in [5, 5.41) is 0. The summed E-state index contributed by atoms with van der Waals surface area (Å²) >= 11 is 2.34. The fourth-order valence-corrected chi connectivity index (χ4v) is 2.60. The number of aldehydes is 1. The summed E-state index contributed by atoms with van der Waals surface area (Å²) in [4.78, 5) is 10.6. The van der Waals surface area contributed by atoms with Crippen molar-refractivity contribution in [2.24, 2.45) is 5.92 Å². The van der Waals surface area contributed by atoms with Gasteiger partial charge in [-0.05, 0) is 51.9 Å². The fraction of sp³-hybridized carbons (Fsp3) is 0.700. The van der Waals surface area contributed by atoms with Crippen LogP contribution in [-0.4, -0.2) is 6.29 Å². The Labute approximate surface area is 87.8 Å². The van der Waals surface area contributed by atoms with Crippen molar-refractivity contribution in [2.75, 3.05) is 0 Å². The summed E-state index contributed by atoms with van der Waals surface area (Å²) < 4.78 is 1.33. The molecular formula is C10H15IO. The van der Waals surface area contributed by atoms with E-state index in [1.807, 2.05) is 0 Å². The van der Waals surface area contributed by atoms with Crippen LogP contribution in [0.2, 0.25) is 0 Å². The molecule has 68 valence electrons. The molecule has 0 spiro atoms. The van der Waals surface area contributed by atoms with E-state index in [1.165, 1.54) is 28.4 Å². The quantitative estimate of drug-likeness (QED) is 0.568. The molecule has 0 bridgehead atoms. The number of rotatable bonds is 4. The number of unbranched alkanes of at least 4 members (excludes halogenated alkanes) is 1. The van der Waals surface area contributed by atoms with E-state index in [2.05, 4.69) is 29.5 Å². The van der Waals surface area contributed by atoms with Crippen molar-refractivity contribution >= 4 is 28.9 Å². The molecule has 0 aliphatic heterocycles. The second-order valence-electron chi connectivity index (χ2n) is 3.34. The first kappa shape index (κ1) is 10.2. The first-order chi connectivity index (χ1) is 5.79. The number of carbonyl (C=O) groups is 1. The third-order valence-corrected chi connectivity index (χ3v) is 3.98. The van der Waals surface area contributed by atoms with Gasteiger partial charge < -0.3 is 4.79 Å². The third-order valence-electron chi connectivity index (χ3n) is 2.42. The van der Waals surface area contributed by atoms with E-state index in [1.54, 1.807) is 0 Å². The normalized spacial score (nSPS) is 23.3. The molecule has 1 aliphatic carbocycles. The van der Waals surface area contributed by atoms with Gasteiger partial charge in [-0.25, -0.2) is 0 Å². The Bertz CT molecular complexity index is 196. The molecule has 0 aromatic heterocycles. The van der Waals surface area contributed by atoms with Crippen LogP contribution in [0.25, 0.3) is 0 Å². The Hall–Kier alpha value is 0.140. The molecule has 0 aromatic carbocycles. The van der Waals surface area contributed by atoms with Gasteiger partial charge in [-0.15, -0.1) is 0 Å². The van der Waals surface area contributed by atoms with Crippen LogP contribution in [0.5, 0.6) is 0 Å². The third kappa shape index (κ3) is 2.31. The number of allylic oxidation sites excluding steroid dienone is 2. The maximum Gasteiger partial charge on any atom is 0.127 e. The van der Waals surface area contributed by atoms with Crippen LogP contribution in [0.4, 0.5) is 0 Å². The van der Waals surface area contributed by atoms with Crippen LogP contribution >= 0.6 is 22.6 Å². The Morgan fingerprint density at radius 3 is 2.92 bits per heavy atom. The molecule has 0 radical (unpaired) electrons. The Balaban J connectivity index is 2.52. The van der Waals surface area contributed by atoms with E-state index < -0.39 is 0 Å². The molecule has 1 unspecified atom stereocenters. The summed E-state index contributed by atoms with van der Waals surface area (Å²) in [5.41, 5.74) is 1.54. The van der Waals surface area contributed by atoms with Crippen LogP contribution in [0.15, 0.2) is 9.15 Å². The summed E-state index contributed by atoms with van der Waals surface area (Å²) in [5.74, 6) is 0.234. The van der Waals surface area contributed by atoms with Gasteiger partial charge in [0.25, 0.3) is 0 Å². The smallest absolute Gasteiger partial charge is 0.127 e. The first-order valence-electron chi connectivity index (χ1n) is 4.62. The molecule has 0 N–H and O–H groups in total. The SMILES string of the molecule is CCCCC1=C(I)C(C=O)CC1. The van der Waals surface area contributed by atoms with Gasteiger partial charge in [0.2, 0.25) is 0 Å². The zero-order chi connectivity index (χ0) is 8.97. The number of halogens is 1. The molecule has 1 nitrogen and oxygen atoms in total. The highest BCUT2D eigenvalue weighted by atomic mass is 127. The van der Waals surface area contributed by atoms with Crippen molar-refractivity contribution in [1.29, 1.82) is 0 Å². The lowest BCUT2D eigenvalue weighted by atomic mass is 10.1. The van der Waals surface area contributed by atoms with Crippen molar-refractivity contribution in [3.05, 3.63) is 9.15 Å². The Kier molecular flexibility index (Phi) is 4.26. The number of hydrogen-bond acceptors (Lipinski definition) is 1. The first-order valence-corrected chi connectivity index (χ1v) is 5.70. The maximum absolute atomic E-state index is 10.6. The van der Waals surface area contributed by atoms with Gasteiger partial charge >= 0.3 is 0 Å². The van der Waals surface area contributed by atoms with Crippen LogP contribution in [0.1, 0.15) is 39.0 Å². The molecule has 0 saturated heterocycles. The van der Waals surface area contributed by atoms with Crippen molar-refractivity contribution in [1.82, 2.24) is 0 Å². The van der Waals surface area contributed by atoms with E-state index >= 15 is 0 Å². The van der Waals surface area contributed by atoms with Crippen molar-refractivity contribution in [2.45, 2.75) is 39.0 Å². The lowest BCUT2D eigenvalue weighted by Crippen LogP contribution is -1.94. The number of hydrogen-bond donors (Lipinski definition) is 0. The van der Waals surface area contributed by atoms with Gasteiger partial charge in [-0.3, -0.25) is 0 Å². The van der Waals surface area contributed by atoms with Gasteiger partial charge in [0.15, 0.2) is 0 Å². The predicted molar refractivity (Wildman–Crippen MR) is 59.4 cm³/mol. The molecule has 0 heterocycles. The second-order valence-corrected chi connectivity index (χ2v) is 4.50. The minimum absolute atomic E-state index is 0.234. The lowest BCUT2D eigenvalue weighted by Gasteiger charge is -2.01. The van der Waals surface area contributed by atoms with Gasteiger partial charge in [-0.1, -0.05) is 18.9 Å². The zero-order valence-electron chi connectivity index (χ0n) is 7.48. The van der Waals surface area contributed by atoms with Crippen molar-refractivity contribution in [3.63, 3.8) is 0 Å². The molecule has 0 fully saturated rings. The summed E-state index contributed by atoms with van der Waals surface area (Å²) in [6, 6.07) is 0. The number of carbonyl (C=O) groups excluding carboxylic acids is 1. The average Bonchev–Trinajstić information content (AvgIpc) is 2.43. The van der Waals surface area contributed by atoms with Crippen LogP contribution in [0, 0.1) is 5.92 Å². The highest BCUT2D eigenvalue weighted by Crippen LogP contribution is 2.37. The molecule has 0 aromatic rings. The monoisotopic (exact) mass is 278 g/mol. The van der Waals surface area contributed by atoms with E-state index in [-0.39, 0.29) is 5.92 Å². The molecular weight excluding hydrogens is 263 g/mol. The molecule has 1 aliphatic rings. The molecule has 2 heteroatoms. The van der Waals surface area contributed by atoms with Crippen LogP contribution in [0.3, 0.4) is 0 Å².